The quantitative estimate of drug-likeness (QED) is 0.378. The van der Waals surface area contributed by atoms with Gasteiger partial charge in [-0.2, -0.15) is 0 Å². The number of carboxylic acids is 1. The van der Waals surface area contributed by atoms with Gasteiger partial charge in [-0.15, -0.1) is 0 Å². The lowest BCUT2D eigenvalue weighted by Crippen LogP contribution is -2.37. The summed E-state index contributed by atoms with van der Waals surface area (Å²) in [6, 6.07) is 10.7. The van der Waals surface area contributed by atoms with Crippen LogP contribution in [-0.4, -0.2) is 28.7 Å². The molecule has 0 aliphatic carbocycles. The van der Waals surface area contributed by atoms with Crippen molar-refractivity contribution in [3.63, 3.8) is 0 Å². The Balaban J connectivity index is 1.90. The molecular weight excluding hydrogens is 512 g/mol. The second-order valence-corrected chi connectivity index (χ2v) is 7.80. The highest BCUT2D eigenvalue weighted by molar-refractivity contribution is 9.11. The Kier molecular flexibility index (Phi) is 8.16. The maximum Gasteiger partial charge on any atom is 0.328 e. The first-order valence-corrected chi connectivity index (χ1v) is 9.94. The number of halogens is 2. The zero-order valence-corrected chi connectivity index (χ0v) is 18.7. The lowest BCUT2D eigenvalue weighted by Gasteiger charge is -2.13. The smallest absolute Gasteiger partial charge is 0.328 e. The Morgan fingerprint density at radius 3 is 2.68 bits per heavy atom. The topological polar surface area (TPSA) is 87.7 Å². The third-order valence-corrected chi connectivity index (χ3v) is 4.61. The summed E-state index contributed by atoms with van der Waals surface area (Å²) < 4.78 is 7.21. The van der Waals surface area contributed by atoms with E-state index in [2.05, 4.69) is 42.5 Å². The minimum atomic E-state index is -1.03. The van der Waals surface area contributed by atoms with Crippen molar-refractivity contribution in [2.24, 2.45) is 0 Å². The van der Waals surface area contributed by atoms with Crippen molar-refractivity contribution in [2.75, 3.05) is 11.9 Å². The molecular formula is C19H16Br2N2O4S. The molecule has 2 rings (SSSR count). The number of anilines is 1. The number of carboxylic acid groups (broad SMARTS) is 1. The van der Waals surface area contributed by atoms with Crippen LogP contribution < -0.4 is 15.4 Å². The minimum absolute atomic E-state index is 0.111. The van der Waals surface area contributed by atoms with Crippen molar-refractivity contribution in [1.29, 1.82) is 0 Å². The number of aliphatic carboxylic acids is 1. The van der Waals surface area contributed by atoms with Crippen LogP contribution in [0.4, 0.5) is 5.69 Å². The summed E-state index contributed by atoms with van der Waals surface area (Å²) in [6.07, 6.45) is 2.50. The van der Waals surface area contributed by atoms with E-state index in [0.717, 1.165) is 20.6 Å². The lowest BCUT2D eigenvalue weighted by molar-refractivity contribution is -0.131. The number of thiocarbonyl (C=S) groups is 1. The molecule has 0 aliphatic rings. The molecule has 0 aliphatic heterocycles. The molecule has 0 saturated carbocycles. The number of nitrogens with one attached hydrogen (secondary N) is 2. The zero-order valence-electron chi connectivity index (χ0n) is 14.7. The summed E-state index contributed by atoms with van der Waals surface area (Å²) in [5.41, 5.74) is 2.17. The first-order chi connectivity index (χ1) is 13.2. The van der Waals surface area contributed by atoms with Crippen molar-refractivity contribution < 1.29 is 19.4 Å². The van der Waals surface area contributed by atoms with E-state index in [1.165, 1.54) is 6.08 Å². The maximum absolute atomic E-state index is 12.1. The molecule has 2 aromatic carbocycles. The van der Waals surface area contributed by atoms with Crippen LogP contribution in [0.2, 0.25) is 0 Å². The van der Waals surface area contributed by atoms with Gasteiger partial charge in [-0.25, -0.2) is 4.79 Å². The molecule has 0 aromatic heterocycles. The van der Waals surface area contributed by atoms with Crippen LogP contribution in [0.1, 0.15) is 11.1 Å². The Morgan fingerprint density at radius 2 is 2.00 bits per heavy atom. The highest BCUT2D eigenvalue weighted by Crippen LogP contribution is 2.32. The van der Waals surface area contributed by atoms with E-state index in [0.29, 0.717) is 17.0 Å². The van der Waals surface area contributed by atoms with Crippen LogP contribution in [-0.2, 0) is 9.59 Å². The van der Waals surface area contributed by atoms with Gasteiger partial charge in [0.2, 0.25) is 0 Å². The standard InChI is InChI=1S/C19H16Br2N2O4S/c1-11-7-13(20)9-15(21)18(11)27-10-16(24)23-19(28)22-14-4-2-3-12(8-14)5-6-17(25)26/h2-9H,10H2,1H3,(H,25,26)(H2,22,23,24,28)/b6-5+. The Hall–Kier alpha value is -2.23. The van der Waals surface area contributed by atoms with Gasteiger partial charge in [0.05, 0.1) is 4.47 Å². The summed E-state index contributed by atoms with van der Waals surface area (Å²) >= 11 is 11.9. The number of amides is 1. The highest BCUT2D eigenvalue weighted by atomic mass is 79.9. The van der Waals surface area contributed by atoms with E-state index in [9.17, 15) is 9.59 Å². The monoisotopic (exact) mass is 526 g/mol. The zero-order chi connectivity index (χ0) is 20.7. The fraction of sp³-hybridized carbons (Fsp3) is 0.105. The number of carbonyl (C=O) groups excluding carboxylic acids is 1. The van der Waals surface area contributed by atoms with Crippen molar-refractivity contribution in [2.45, 2.75) is 6.92 Å². The number of hydrogen-bond donors (Lipinski definition) is 3. The molecule has 0 atom stereocenters. The summed E-state index contributed by atoms with van der Waals surface area (Å²) in [5.74, 6) is -0.863. The Bertz CT molecular complexity index is 924. The predicted octanol–water partition coefficient (Wildman–Crippen LogP) is 4.51. The van der Waals surface area contributed by atoms with Gasteiger partial charge in [-0.3, -0.25) is 10.1 Å². The molecule has 0 radical (unpaired) electrons. The van der Waals surface area contributed by atoms with Crippen LogP contribution in [0.3, 0.4) is 0 Å². The van der Waals surface area contributed by atoms with Gasteiger partial charge in [0, 0.05) is 16.2 Å². The van der Waals surface area contributed by atoms with E-state index >= 15 is 0 Å². The maximum atomic E-state index is 12.1. The number of carbonyl (C=O) groups is 2. The van der Waals surface area contributed by atoms with Gasteiger partial charge in [0.1, 0.15) is 5.75 Å². The molecule has 6 nitrogen and oxygen atoms in total. The number of hydrogen-bond acceptors (Lipinski definition) is 4. The van der Waals surface area contributed by atoms with Crippen LogP contribution in [0.15, 0.2) is 51.4 Å². The average molecular weight is 528 g/mol. The van der Waals surface area contributed by atoms with E-state index in [1.54, 1.807) is 24.3 Å². The summed E-state index contributed by atoms with van der Waals surface area (Å²) in [4.78, 5) is 22.7. The van der Waals surface area contributed by atoms with Crippen molar-refractivity contribution in [3.05, 3.63) is 62.5 Å². The summed E-state index contributed by atoms with van der Waals surface area (Å²) in [6.45, 7) is 1.67. The third-order valence-electron chi connectivity index (χ3n) is 3.36. The molecule has 0 bridgehead atoms. The van der Waals surface area contributed by atoms with Crippen LogP contribution in [0.25, 0.3) is 6.08 Å². The summed E-state index contributed by atoms with van der Waals surface area (Å²) in [5, 5.41) is 14.2. The van der Waals surface area contributed by atoms with E-state index in [4.69, 9.17) is 22.1 Å². The fourth-order valence-corrected chi connectivity index (χ4v) is 4.01. The van der Waals surface area contributed by atoms with E-state index < -0.39 is 11.9 Å². The van der Waals surface area contributed by atoms with Gasteiger partial charge in [-0.05, 0) is 76.5 Å². The number of ether oxygens (including phenoxy) is 1. The molecule has 0 heterocycles. The number of benzene rings is 2. The SMILES string of the molecule is Cc1cc(Br)cc(Br)c1OCC(=O)NC(=S)Nc1cccc(/C=C/C(=O)O)c1. The largest absolute Gasteiger partial charge is 0.482 e. The number of rotatable bonds is 6. The van der Waals surface area contributed by atoms with Gasteiger partial charge in [0.25, 0.3) is 5.91 Å². The molecule has 0 spiro atoms. The number of aryl methyl sites for hydroxylation is 1. The molecule has 0 saturated heterocycles. The molecule has 28 heavy (non-hydrogen) atoms. The lowest BCUT2D eigenvalue weighted by atomic mass is 10.2. The Morgan fingerprint density at radius 1 is 1.25 bits per heavy atom. The fourth-order valence-electron chi connectivity index (χ4n) is 2.22. The normalized spacial score (nSPS) is 10.5. The van der Waals surface area contributed by atoms with Gasteiger partial charge in [-0.1, -0.05) is 28.1 Å². The average Bonchev–Trinajstić information content (AvgIpc) is 2.59. The molecule has 0 unspecified atom stereocenters. The van der Waals surface area contributed by atoms with Crippen LogP contribution >= 0.6 is 44.1 Å². The first-order valence-electron chi connectivity index (χ1n) is 7.95. The molecule has 9 heteroatoms. The van der Waals surface area contributed by atoms with Crippen molar-refractivity contribution >= 4 is 72.8 Å². The van der Waals surface area contributed by atoms with Gasteiger partial charge >= 0.3 is 5.97 Å². The molecule has 3 N–H and O–H groups in total. The minimum Gasteiger partial charge on any atom is -0.482 e. The van der Waals surface area contributed by atoms with Crippen molar-refractivity contribution in [1.82, 2.24) is 5.32 Å². The molecule has 1 amide bonds. The molecule has 0 fully saturated rings. The second kappa shape index (κ2) is 10.4. The van der Waals surface area contributed by atoms with Gasteiger partial charge in [0.15, 0.2) is 11.7 Å². The highest BCUT2D eigenvalue weighted by Gasteiger charge is 2.11. The molecule has 2 aromatic rings. The summed E-state index contributed by atoms with van der Waals surface area (Å²) in [7, 11) is 0. The molecule has 146 valence electrons. The Labute approximate surface area is 184 Å². The van der Waals surface area contributed by atoms with E-state index in [-0.39, 0.29) is 11.7 Å². The predicted molar refractivity (Wildman–Crippen MR) is 120 cm³/mol. The van der Waals surface area contributed by atoms with Crippen LogP contribution in [0, 0.1) is 6.92 Å². The first kappa shape index (κ1) is 22.1. The second-order valence-electron chi connectivity index (χ2n) is 5.62. The van der Waals surface area contributed by atoms with Crippen LogP contribution in [0.5, 0.6) is 5.75 Å². The van der Waals surface area contributed by atoms with Gasteiger partial charge < -0.3 is 15.2 Å². The van der Waals surface area contributed by atoms with Crippen molar-refractivity contribution in [3.8, 4) is 5.75 Å². The van der Waals surface area contributed by atoms with E-state index in [1.807, 2.05) is 19.1 Å². The third kappa shape index (κ3) is 7.06.